The van der Waals surface area contributed by atoms with Gasteiger partial charge in [0.1, 0.15) is 11.4 Å². The van der Waals surface area contributed by atoms with Gasteiger partial charge in [-0.25, -0.2) is 4.79 Å². The first-order valence-electron chi connectivity index (χ1n) is 11.7. The fraction of sp³-hybridized carbons (Fsp3) is 0.538. The van der Waals surface area contributed by atoms with Crippen LogP contribution in [0.3, 0.4) is 0 Å². The molecule has 2 aliphatic rings. The second-order valence-electron chi connectivity index (χ2n) is 10.1. The molecule has 1 aliphatic heterocycles. The van der Waals surface area contributed by atoms with Crippen LogP contribution in [0.15, 0.2) is 40.6 Å². The van der Waals surface area contributed by atoms with Crippen LogP contribution in [0.2, 0.25) is 0 Å². The molecule has 0 radical (unpaired) electrons. The molecule has 1 aromatic carbocycles. The topological polar surface area (TPSA) is 67.6 Å². The summed E-state index contributed by atoms with van der Waals surface area (Å²) < 4.78 is 11.3. The molecule has 2 amide bonds. The first kappa shape index (κ1) is 22.4. The number of aromatic nitrogens is 1. The van der Waals surface area contributed by atoms with E-state index < -0.39 is 0 Å². The fourth-order valence-corrected chi connectivity index (χ4v) is 4.64. The summed E-state index contributed by atoms with van der Waals surface area (Å²) >= 11 is 0. The van der Waals surface area contributed by atoms with Crippen molar-refractivity contribution in [3.05, 3.63) is 47.4 Å². The molecule has 0 spiro atoms. The van der Waals surface area contributed by atoms with Gasteiger partial charge in [0.15, 0.2) is 5.76 Å². The molecular weight excluding hydrogens is 402 g/mol. The zero-order valence-corrected chi connectivity index (χ0v) is 19.7. The number of carbonyl (C=O) groups is 1. The summed E-state index contributed by atoms with van der Waals surface area (Å²) in [5.74, 6) is 1.86. The molecule has 1 atom stereocenters. The van der Waals surface area contributed by atoms with E-state index in [9.17, 15) is 4.79 Å². The quantitative estimate of drug-likeness (QED) is 0.610. The highest BCUT2D eigenvalue weighted by Gasteiger charge is 2.28. The number of ether oxygens (including phenoxy) is 1. The monoisotopic (exact) mass is 437 g/mol. The second-order valence-corrected chi connectivity index (χ2v) is 10.1. The van der Waals surface area contributed by atoms with Crippen molar-refractivity contribution in [2.24, 2.45) is 11.3 Å². The van der Waals surface area contributed by atoms with Crippen LogP contribution in [0.1, 0.15) is 64.2 Å². The predicted molar refractivity (Wildman–Crippen MR) is 127 cm³/mol. The maximum absolute atomic E-state index is 12.6. The molecular formula is C26H35N3O3. The van der Waals surface area contributed by atoms with Gasteiger partial charge in [-0.15, -0.1) is 0 Å². The molecule has 1 saturated carbocycles. The van der Waals surface area contributed by atoms with Gasteiger partial charge in [-0.2, -0.15) is 0 Å². The average molecular weight is 438 g/mol. The average Bonchev–Trinajstić information content (AvgIpc) is 3.16. The fourth-order valence-electron chi connectivity index (χ4n) is 4.64. The standard InChI is InChI=1S/C26H35N3O3/c1-18-17-29(25(30)28-24-16-27-32-19(24)2)13-10-21(18)14-20-6-5-7-23(15-20)31-22-8-11-26(3,4)12-9-22/h5-7,14-16,18,22H,8-13,17H2,1-4H3,(H,28,30)/b21-14+. The van der Waals surface area contributed by atoms with Crippen molar-refractivity contribution in [3.8, 4) is 5.75 Å². The maximum Gasteiger partial charge on any atom is 0.322 e. The number of nitrogens with zero attached hydrogens (tertiary/aromatic N) is 2. The Bertz CT molecular complexity index is 968. The van der Waals surface area contributed by atoms with E-state index >= 15 is 0 Å². The van der Waals surface area contributed by atoms with Gasteiger partial charge in [0.25, 0.3) is 0 Å². The van der Waals surface area contributed by atoms with Crippen molar-refractivity contribution in [2.75, 3.05) is 18.4 Å². The van der Waals surface area contributed by atoms with Crippen molar-refractivity contribution in [2.45, 2.75) is 65.9 Å². The lowest BCUT2D eigenvalue weighted by Gasteiger charge is -2.34. The van der Waals surface area contributed by atoms with E-state index in [1.165, 1.54) is 30.2 Å². The molecule has 6 heteroatoms. The second kappa shape index (κ2) is 9.39. The lowest BCUT2D eigenvalue weighted by molar-refractivity contribution is 0.0987. The third-order valence-corrected chi connectivity index (χ3v) is 6.88. The van der Waals surface area contributed by atoms with Gasteiger partial charge in [-0.3, -0.25) is 0 Å². The summed E-state index contributed by atoms with van der Waals surface area (Å²) in [7, 11) is 0. The van der Waals surface area contributed by atoms with Crippen molar-refractivity contribution < 1.29 is 14.1 Å². The minimum atomic E-state index is -0.103. The van der Waals surface area contributed by atoms with Crippen LogP contribution in [0, 0.1) is 18.3 Å². The lowest BCUT2D eigenvalue weighted by atomic mass is 9.76. The van der Waals surface area contributed by atoms with Crippen LogP contribution >= 0.6 is 0 Å². The van der Waals surface area contributed by atoms with Crippen LogP contribution in [0.4, 0.5) is 10.5 Å². The molecule has 2 fully saturated rings. The van der Waals surface area contributed by atoms with Gasteiger partial charge in [0.2, 0.25) is 0 Å². The van der Waals surface area contributed by atoms with Crippen LogP contribution in [0.25, 0.3) is 6.08 Å². The minimum absolute atomic E-state index is 0.103. The van der Waals surface area contributed by atoms with Crippen LogP contribution in [-0.2, 0) is 0 Å². The molecule has 2 heterocycles. The minimum Gasteiger partial charge on any atom is -0.490 e. The Hall–Kier alpha value is -2.76. The number of piperidine rings is 1. The number of amides is 2. The number of anilines is 1. The number of hydrogen-bond acceptors (Lipinski definition) is 4. The number of aryl methyl sites for hydroxylation is 1. The number of benzene rings is 1. The van der Waals surface area contributed by atoms with Gasteiger partial charge >= 0.3 is 6.03 Å². The van der Waals surface area contributed by atoms with E-state index in [1.807, 2.05) is 4.90 Å². The molecule has 1 aliphatic carbocycles. The van der Waals surface area contributed by atoms with Gasteiger partial charge in [0.05, 0.1) is 12.3 Å². The normalized spacial score (nSPS) is 22.7. The Kier molecular flexibility index (Phi) is 6.58. The Morgan fingerprint density at radius 2 is 2.09 bits per heavy atom. The Morgan fingerprint density at radius 1 is 1.31 bits per heavy atom. The van der Waals surface area contributed by atoms with Crippen LogP contribution < -0.4 is 10.1 Å². The summed E-state index contributed by atoms with van der Waals surface area (Å²) in [4.78, 5) is 14.5. The smallest absolute Gasteiger partial charge is 0.322 e. The Balaban J connectivity index is 1.35. The Morgan fingerprint density at radius 3 is 2.78 bits per heavy atom. The molecule has 1 N–H and O–H groups in total. The molecule has 172 valence electrons. The highest BCUT2D eigenvalue weighted by Crippen LogP contribution is 2.36. The summed E-state index contributed by atoms with van der Waals surface area (Å²) in [6.07, 6.45) is 9.68. The first-order chi connectivity index (χ1) is 15.3. The van der Waals surface area contributed by atoms with Gasteiger partial charge in [0, 0.05) is 13.1 Å². The van der Waals surface area contributed by atoms with Crippen molar-refractivity contribution in [1.29, 1.82) is 0 Å². The highest BCUT2D eigenvalue weighted by molar-refractivity contribution is 5.89. The zero-order chi connectivity index (χ0) is 22.7. The number of nitrogens with one attached hydrogen (secondary N) is 1. The molecule has 1 aromatic heterocycles. The van der Waals surface area contributed by atoms with Crippen molar-refractivity contribution in [1.82, 2.24) is 10.1 Å². The summed E-state index contributed by atoms with van der Waals surface area (Å²) in [5, 5.41) is 6.61. The van der Waals surface area contributed by atoms with Crippen molar-refractivity contribution >= 4 is 17.8 Å². The van der Waals surface area contributed by atoms with E-state index in [0.717, 1.165) is 25.0 Å². The Labute approximate surface area is 191 Å². The molecule has 0 bridgehead atoms. The van der Waals surface area contributed by atoms with E-state index in [1.54, 1.807) is 6.92 Å². The number of rotatable bonds is 4. The third-order valence-electron chi connectivity index (χ3n) is 6.88. The van der Waals surface area contributed by atoms with Crippen molar-refractivity contribution in [3.63, 3.8) is 0 Å². The molecule has 1 saturated heterocycles. The number of likely N-dealkylation sites (tertiary alicyclic amines) is 1. The molecule has 2 aromatic rings. The number of carbonyl (C=O) groups excluding carboxylic acids is 1. The van der Waals surface area contributed by atoms with Gasteiger partial charge in [-0.1, -0.05) is 49.7 Å². The highest BCUT2D eigenvalue weighted by atomic mass is 16.5. The third kappa shape index (κ3) is 5.53. The summed E-state index contributed by atoms with van der Waals surface area (Å²) in [6, 6.07) is 8.30. The zero-order valence-electron chi connectivity index (χ0n) is 19.7. The van der Waals surface area contributed by atoms with E-state index in [2.05, 4.69) is 61.6 Å². The maximum atomic E-state index is 12.6. The van der Waals surface area contributed by atoms with E-state index in [-0.39, 0.29) is 6.03 Å². The SMILES string of the molecule is Cc1oncc1NC(=O)N1CC/C(=C\c2cccc(OC3CCC(C)(C)CC3)c2)C(C)C1. The van der Waals surface area contributed by atoms with E-state index in [4.69, 9.17) is 9.26 Å². The lowest BCUT2D eigenvalue weighted by Crippen LogP contribution is -2.42. The van der Waals surface area contributed by atoms with Gasteiger partial charge < -0.3 is 19.5 Å². The van der Waals surface area contributed by atoms with E-state index in [0.29, 0.717) is 42.0 Å². The largest absolute Gasteiger partial charge is 0.490 e. The molecule has 6 nitrogen and oxygen atoms in total. The number of urea groups is 1. The number of hydrogen-bond donors (Lipinski definition) is 1. The summed E-state index contributed by atoms with van der Waals surface area (Å²) in [5.41, 5.74) is 3.61. The predicted octanol–water partition coefficient (Wildman–Crippen LogP) is 6.29. The molecule has 4 rings (SSSR count). The van der Waals surface area contributed by atoms with Crippen LogP contribution in [0.5, 0.6) is 5.75 Å². The summed E-state index contributed by atoms with van der Waals surface area (Å²) in [6.45, 7) is 10.1. The first-order valence-corrected chi connectivity index (χ1v) is 11.7. The molecule has 1 unspecified atom stereocenters. The van der Waals surface area contributed by atoms with Gasteiger partial charge in [-0.05, 0) is 68.1 Å². The van der Waals surface area contributed by atoms with Crippen LogP contribution in [-0.4, -0.2) is 35.3 Å². The molecule has 32 heavy (non-hydrogen) atoms.